The van der Waals surface area contributed by atoms with Gasteiger partial charge in [-0.3, -0.25) is 4.79 Å². The quantitative estimate of drug-likeness (QED) is 0.902. The number of thioether (sulfide) groups is 1. The summed E-state index contributed by atoms with van der Waals surface area (Å²) in [7, 11) is 0. The molecule has 0 bridgehead atoms. The number of aryl methyl sites for hydroxylation is 1. The number of rotatable bonds is 5. The Morgan fingerprint density at radius 3 is 2.90 bits per heavy atom. The molecular weight excluding hydrogens is 290 g/mol. The first-order valence-electron chi connectivity index (χ1n) is 6.84. The third-order valence-electron chi connectivity index (χ3n) is 3.37. The fourth-order valence-corrected chi connectivity index (χ4v) is 3.49. The molecule has 21 heavy (non-hydrogen) atoms. The van der Waals surface area contributed by atoms with Crippen molar-refractivity contribution >= 4 is 23.6 Å². The number of aliphatic carboxylic acids is 1. The third-order valence-corrected chi connectivity index (χ3v) is 4.59. The molecule has 0 aromatic heterocycles. The molecular formula is C15H19NO4S. The zero-order valence-electron chi connectivity index (χ0n) is 12.1. The Labute approximate surface area is 128 Å². The predicted molar refractivity (Wildman–Crippen MR) is 81.5 cm³/mol. The van der Waals surface area contributed by atoms with E-state index >= 15 is 0 Å². The van der Waals surface area contributed by atoms with Gasteiger partial charge in [-0.15, -0.1) is 11.8 Å². The molecule has 114 valence electrons. The first-order valence-corrected chi connectivity index (χ1v) is 7.89. The number of hydrogen-bond acceptors (Lipinski definition) is 4. The van der Waals surface area contributed by atoms with Crippen LogP contribution in [0.1, 0.15) is 18.9 Å². The second kappa shape index (κ2) is 6.85. The second-order valence-electron chi connectivity index (χ2n) is 5.00. The van der Waals surface area contributed by atoms with Crippen molar-refractivity contribution in [1.82, 2.24) is 4.90 Å². The molecule has 5 nitrogen and oxygen atoms in total. The zero-order valence-corrected chi connectivity index (χ0v) is 12.9. The van der Waals surface area contributed by atoms with E-state index in [-0.39, 0.29) is 24.3 Å². The van der Waals surface area contributed by atoms with Crippen molar-refractivity contribution in [2.24, 2.45) is 0 Å². The highest BCUT2D eigenvalue weighted by Crippen LogP contribution is 2.29. The summed E-state index contributed by atoms with van der Waals surface area (Å²) in [6.45, 7) is 4.08. The lowest BCUT2D eigenvalue weighted by molar-refractivity contribution is -0.149. The fraction of sp³-hybridized carbons (Fsp3) is 0.467. The topological polar surface area (TPSA) is 66.8 Å². The van der Waals surface area contributed by atoms with Crippen LogP contribution < -0.4 is 4.74 Å². The van der Waals surface area contributed by atoms with E-state index in [0.29, 0.717) is 5.75 Å². The number of hydrogen-bond donors (Lipinski definition) is 1. The maximum absolute atomic E-state index is 12.2. The molecule has 1 aliphatic rings. The van der Waals surface area contributed by atoms with Crippen molar-refractivity contribution in [3.05, 3.63) is 29.8 Å². The summed E-state index contributed by atoms with van der Waals surface area (Å²) in [4.78, 5) is 24.8. The van der Waals surface area contributed by atoms with Crippen LogP contribution >= 0.6 is 11.8 Å². The van der Waals surface area contributed by atoms with E-state index in [1.807, 2.05) is 38.1 Å². The molecule has 2 rings (SSSR count). The summed E-state index contributed by atoms with van der Waals surface area (Å²) in [5, 5.41) is 9.05. The predicted octanol–water partition coefficient (Wildman–Crippen LogP) is 2.14. The molecule has 1 aliphatic heterocycles. The number of amides is 1. The van der Waals surface area contributed by atoms with Crippen LogP contribution in [0.25, 0.3) is 0 Å². The minimum Gasteiger partial charge on any atom is -0.493 e. The lowest BCUT2D eigenvalue weighted by Gasteiger charge is -2.25. The third kappa shape index (κ3) is 3.91. The SMILES string of the molecule is Cc1cccc(OCCC(=O)N2C(C)SCC2C(=O)O)c1. The smallest absolute Gasteiger partial charge is 0.327 e. The Bertz CT molecular complexity index is 534. The number of carboxylic acids is 1. The van der Waals surface area contributed by atoms with E-state index in [9.17, 15) is 9.59 Å². The summed E-state index contributed by atoms with van der Waals surface area (Å²) < 4.78 is 5.55. The van der Waals surface area contributed by atoms with Crippen LogP contribution in [0.3, 0.4) is 0 Å². The van der Waals surface area contributed by atoms with Gasteiger partial charge < -0.3 is 14.7 Å². The highest BCUT2D eigenvalue weighted by atomic mass is 32.2. The van der Waals surface area contributed by atoms with Crippen LogP contribution in [0.15, 0.2) is 24.3 Å². The lowest BCUT2D eigenvalue weighted by atomic mass is 10.2. The molecule has 1 N–H and O–H groups in total. The molecule has 0 saturated carbocycles. The minimum absolute atomic E-state index is 0.0995. The second-order valence-corrected chi connectivity index (χ2v) is 6.35. The standard InChI is InChI=1S/C15H19NO4S/c1-10-4-3-5-12(8-10)20-7-6-14(17)16-11(2)21-9-13(16)15(18)19/h3-5,8,11,13H,6-7,9H2,1-2H3,(H,18,19). The van der Waals surface area contributed by atoms with Crippen LogP contribution in [0.2, 0.25) is 0 Å². The molecule has 1 amide bonds. The van der Waals surface area contributed by atoms with Gasteiger partial charge in [0, 0.05) is 5.75 Å². The Kier molecular flexibility index (Phi) is 5.12. The van der Waals surface area contributed by atoms with Gasteiger partial charge in [0.15, 0.2) is 0 Å². The van der Waals surface area contributed by atoms with Crippen molar-refractivity contribution in [3.63, 3.8) is 0 Å². The number of carboxylic acid groups (broad SMARTS) is 1. The molecule has 1 aromatic carbocycles. The summed E-state index contributed by atoms with van der Waals surface area (Å²) >= 11 is 1.49. The fourth-order valence-electron chi connectivity index (χ4n) is 2.30. The van der Waals surface area contributed by atoms with E-state index in [4.69, 9.17) is 9.84 Å². The first kappa shape index (κ1) is 15.7. The molecule has 1 aromatic rings. The highest BCUT2D eigenvalue weighted by Gasteiger charge is 2.38. The van der Waals surface area contributed by atoms with E-state index in [0.717, 1.165) is 11.3 Å². The van der Waals surface area contributed by atoms with Gasteiger partial charge in [0.1, 0.15) is 11.8 Å². The Balaban J connectivity index is 1.88. The number of benzene rings is 1. The zero-order chi connectivity index (χ0) is 15.4. The van der Waals surface area contributed by atoms with Gasteiger partial charge in [0.25, 0.3) is 0 Å². The van der Waals surface area contributed by atoms with Crippen molar-refractivity contribution in [3.8, 4) is 5.75 Å². The molecule has 0 radical (unpaired) electrons. The van der Waals surface area contributed by atoms with E-state index in [1.54, 1.807) is 0 Å². The monoisotopic (exact) mass is 309 g/mol. The molecule has 1 fully saturated rings. The van der Waals surface area contributed by atoms with Gasteiger partial charge in [0.05, 0.1) is 18.4 Å². The van der Waals surface area contributed by atoms with Gasteiger partial charge in [-0.25, -0.2) is 4.79 Å². The van der Waals surface area contributed by atoms with Crippen molar-refractivity contribution in [2.75, 3.05) is 12.4 Å². The maximum atomic E-state index is 12.2. The molecule has 1 heterocycles. The molecule has 6 heteroatoms. The largest absolute Gasteiger partial charge is 0.493 e. The first-order chi connectivity index (χ1) is 9.99. The highest BCUT2D eigenvalue weighted by molar-refractivity contribution is 8.00. The molecule has 1 saturated heterocycles. The lowest BCUT2D eigenvalue weighted by Crippen LogP contribution is -2.45. The van der Waals surface area contributed by atoms with Crippen LogP contribution in [0, 0.1) is 6.92 Å². The van der Waals surface area contributed by atoms with Gasteiger partial charge in [-0.2, -0.15) is 0 Å². The Morgan fingerprint density at radius 2 is 2.24 bits per heavy atom. The van der Waals surface area contributed by atoms with Gasteiger partial charge in [-0.1, -0.05) is 12.1 Å². The summed E-state index contributed by atoms with van der Waals surface area (Å²) in [5.41, 5.74) is 1.09. The number of carbonyl (C=O) groups is 2. The molecule has 2 unspecified atom stereocenters. The maximum Gasteiger partial charge on any atom is 0.327 e. The normalized spacial score (nSPS) is 21.3. The Morgan fingerprint density at radius 1 is 1.48 bits per heavy atom. The minimum atomic E-state index is -0.945. The van der Waals surface area contributed by atoms with Gasteiger partial charge in [-0.05, 0) is 31.5 Å². The molecule has 0 spiro atoms. The number of carbonyl (C=O) groups excluding carboxylic acids is 1. The van der Waals surface area contributed by atoms with Crippen molar-refractivity contribution < 1.29 is 19.4 Å². The molecule has 2 atom stereocenters. The van der Waals surface area contributed by atoms with Crippen LogP contribution in [0.5, 0.6) is 5.75 Å². The van der Waals surface area contributed by atoms with E-state index in [1.165, 1.54) is 16.7 Å². The van der Waals surface area contributed by atoms with E-state index < -0.39 is 12.0 Å². The van der Waals surface area contributed by atoms with Crippen molar-refractivity contribution in [2.45, 2.75) is 31.7 Å². The number of ether oxygens (including phenoxy) is 1. The Hall–Kier alpha value is -1.69. The van der Waals surface area contributed by atoms with E-state index in [2.05, 4.69) is 0 Å². The average Bonchev–Trinajstić information content (AvgIpc) is 2.81. The molecule has 0 aliphatic carbocycles. The van der Waals surface area contributed by atoms with Crippen LogP contribution in [-0.4, -0.2) is 45.7 Å². The number of nitrogens with zero attached hydrogens (tertiary/aromatic N) is 1. The van der Waals surface area contributed by atoms with Gasteiger partial charge in [0.2, 0.25) is 5.91 Å². The van der Waals surface area contributed by atoms with Crippen LogP contribution in [-0.2, 0) is 9.59 Å². The average molecular weight is 309 g/mol. The summed E-state index contributed by atoms with van der Waals surface area (Å²) in [6, 6.07) is 6.88. The van der Waals surface area contributed by atoms with Crippen molar-refractivity contribution in [1.29, 1.82) is 0 Å². The van der Waals surface area contributed by atoms with Gasteiger partial charge >= 0.3 is 5.97 Å². The summed E-state index contributed by atoms with van der Waals surface area (Å²) in [5.74, 6) is 0.0508. The summed E-state index contributed by atoms with van der Waals surface area (Å²) in [6.07, 6.45) is 0.183. The van der Waals surface area contributed by atoms with Crippen LogP contribution in [0.4, 0.5) is 0 Å².